The Balaban J connectivity index is 2.06. The first kappa shape index (κ1) is 16.1. The Bertz CT molecular complexity index is 548. The predicted octanol–water partition coefficient (Wildman–Crippen LogP) is 5.14. The van der Waals surface area contributed by atoms with Crippen LogP contribution in [0.1, 0.15) is 36.1 Å². The molecule has 0 aliphatic carbocycles. The van der Waals surface area contributed by atoms with Crippen molar-refractivity contribution in [3.05, 3.63) is 65.2 Å². The van der Waals surface area contributed by atoms with Crippen LogP contribution >= 0.6 is 11.8 Å². The fraction of sp³-hybridized carbons (Fsp3) is 0.368. The lowest BCUT2D eigenvalue weighted by Crippen LogP contribution is -2.24. The highest BCUT2D eigenvalue weighted by molar-refractivity contribution is 7.99. The summed E-state index contributed by atoms with van der Waals surface area (Å²) in [5.41, 5.74) is 4.07. The molecule has 0 saturated heterocycles. The molecule has 0 heterocycles. The van der Waals surface area contributed by atoms with Gasteiger partial charge < -0.3 is 5.32 Å². The smallest absolute Gasteiger partial charge is 0.0415 e. The molecule has 0 aromatic heterocycles. The number of hydrogen-bond acceptors (Lipinski definition) is 2. The van der Waals surface area contributed by atoms with Crippen molar-refractivity contribution in [2.75, 3.05) is 12.3 Å². The van der Waals surface area contributed by atoms with Crippen LogP contribution in [0.25, 0.3) is 0 Å². The van der Waals surface area contributed by atoms with E-state index in [0.717, 1.165) is 18.7 Å². The van der Waals surface area contributed by atoms with Crippen molar-refractivity contribution >= 4 is 11.8 Å². The molecule has 2 rings (SSSR count). The van der Waals surface area contributed by atoms with Crippen molar-refractivity contribution in [2.24, 2.45) is 0 Å². The molecule has 2 aromatic carbocycles. The lowest BCUT2D eigenvalue weighted by molar-refractivity contribution is 0.577. The van der Waals surface area contributed by atoms with E-state index in [2.05, 4.69) is 74.6 Å². The number of thioether (sulfide) groups is 1. The van der Waals surface area contributed by atoms with Gasteiger partial charge in [-0.3, -0.25) is 0 Å². The second-order valence-corrected chi connectivity index (χ2v) is 6.56. The first-order chi connectivity index (χ1) is 10.2. The third-order valence-corrected chi connectivity index (χ3v) is 4.89. The van der Waals surface area contributed by atoms with Crippen LogP contribution < -0.4 is 5.32 Å². The molecule has 1 N–H and O–H groups in total. The zero-order valence-electron chi connectivity index (χ0n) is 13.2. The zero-order valence-corrected chi connectivity index (χ0v) is 14.0. The summed E-state index contributed by atoms with van der Waals surface area (Å²) in [6.07, 6.45) is 1.16. The summed E-state index contributed by atoms with van der Waals surface area (Å²) in [7, 11) is 0. The van der Waals surface area contributed by atoms with E-state index in [1.165, 1.54) is 21.6 Å². The van der Waals surface area contributed by atoms with Gasteiger partial charge >= 0.3 is 0 Å². The maximum atomic E-state index is 3.67. The molecule has 0 amide bonds. The topological polar surface area (TPSA) is 12.0 Å². The Morgan fingerprint density at radius 1 is 1.00 bits per heavy atom. The minimum Gasteiger partial charge on any atom is -0.309 e. The second-order valence-electron chi connectivity index (χ2n) is 5.49. The highest BCUT2D eigenvalue weighted by Crippen LogP contribution is 2.27. The van der Waals surface area contributed by atoms with Gasteiger partial charge in [0.05, 0.1) is 0 Å². The summed E-state index contributed by atoms with van der Waals surface area (Å²) < 4.78 is 0. The predicted molar refractivity (Wildman–Crippen MR) is 94.1 cm³/mol. The summed E-state index contributed by atoms with van der Waals surface area (Å²) in [6.45, 7) is 7.60. The number of hydrogen-bond donors (Lipinski definition) is 1. The maximum Gasteiger partial charge on any atom is 0.0415 e. The molecular formula is C19H25NS. The van der Waals surface area contributed by atoms with Crippen molar-refractivity contribution in [1.82, 2.24) is 5.32 Å². The van der Waals surface area contributed by atoms with Gasteiger partial charge in [-0.05, 0) is 44.0 Å². The summed E-state index contributed by atoms with van der Waals surface area (Å²) >= 11 is 1.94. The molecule has 21 heavy (non-hydrogen) atoms. The average Bonchev–Trinajstić information content (AvgIpc) is 2.50. The van der Waals surface area contributed by atoms with Crippen molar-refractivity contribution in [3.8, 4) is 0 Å². The molecule has 1 atom stereocenters. The third-order valence-electron chi connectivity index (χ3n) is 3.62. The summed E-state index contributed by atoms with van der Waals surface area (Å²) in [4.78, 5) is 1.38. The van der Waals surface area contributed by atoms with E-state index in [9.17, 15) is 0 Å². The molecule has 112 valence electrons. The molecule has 2 heteroatoms. The lowest BCUT2D eigenvalue weighted by atomic mass is 10.1. The summed E-state index contributed by atoms with van der Waals surface area (Å²) in [5.74, 6) is 1.06. The van der Waals surface area contributed by atoms with Gasteiger partial charge in [0.2, 0.25) is 0 Å². The lowest BCUT2D eigenvalue weighted by Gasteiger charge is -2.19. The van der Waals surface area contributed by atoms with Crippen molar-refractivity contribution in [2.45, 2.75) is 38.1 Å². The van der Waals surface area contributed by atoms with E-state index in [0.29, 0.717) is 6.04 Å². The molecule has 0 spiro atoms. The molecule has 2 aromatic rings. The minimum atomic E-state index is 0.412. The van der Waals surface area contributed by atoms with Crippen LogP contribution in [-0.4, -0.2) is 12.3 Å². The number of aryl methyl sites for hydroxylation is 2. The first-order valence-corrected chi connectivity index (χ1v) is 8.67. The van der Waals surface area contributed by atoms with Gasteiger partial charge in [-0.2, -0.15) is 0 Å². The Kier molecular flexibility index (Phi) is 6.34. The van der Waals surface area contributed by atoms with Gasteiger partial charge in [0, 0.05) is 16.7 Å². The van der Waals surface area contributed by atoms with Crippen LogP contribution in [0.2, 0.25) is 0 Å². The summed E-state index contributed by atoms with van der Waals surface area (Å²) in [6, 6.07) is 17.9. The van der Waals surface area contributed by atoms with Gasteiger partial charge in [0.1, 0.15) is 0 Å². The van der Waals surface area contributed by atoms with E-state index in [-0.39, 0.29) is 0 Å². The third kappa shape index (κ3) is 4.90. The van der Waals surface area contributed by atoms with E-state index >= 15 is 0 Å². The molecule has 0 aliphatic rings. The van der Waals surface area contributed by atoms with Gasteiger partial charge in [-0.15, -0.1) is 11.8 Å². The number of benzene rings is 2. The van der Waals surface area contributed by atoms with Crippen LogP contribution in [0.4, 0.5) is 0 Å². The standard InChI is InChI=1S/C19H25NS/c1-4-13-20-18(17-11-9-15(2)10-12-17)14-21-19-8-6-5-7-16(19)3/h5-12,18,20H,4,13-14H2,1-3H3. The minimum absolute atomic E-state index is 0.412. The monoisotopic (exact) mass is 299 g/mol. The fourth-order valence-electron chi connectivity index (χ4n) is 2.28. The molecule has 0 fully saturated rings. The van der Waals surface area contributed by atoms with Gasteiger partial charge in [0.25, 0.3) is 0 Å². The van der Waals surface area contributed by atoms with Crippen LogP contribution in [0.5, 0.6) is 0 Å². The van der Waals surface area contributed by atoms with E-state index in [1.807, 2.05) is 11.8 Å². The highest BCUT2D eigenvalue weighted by Gasteiger charge is 2.11. The Labute approximate surface area is 133 Å². The van der Waals surface area contributed by atoms with Gasteiger partial charge in [0.15, 0.2) is 0 Å². The normalized spacial score (nSPS) is 12.3. The van der Waals surface area contributed by atoms with Crippen LogP contribution in [0.3, 0.4) is 0 Å². The SMILES string of the molecule is CCCNC(CSc1ccccc1C)c1ccc(C)cc1. The Morgan fingerprint density at radius 2 is 1.71 bits per heavy atom. The fourth-order valence-corrected chi connectivity index (χ4v) is 3.41. The van der Waals surface area contributed by atoms with E-state index < -0.39 is 0 Å². The molecule has 1 nitrogen and oxygen atoms in total. The molecule has 0 radical (unpaired) electrons. The largest absolute Gasteiger partial charge is 0.309 e. The number of nitrogens with one attached hydrogen (secondary N) is 1. The van der Waals surface area contributed by atoms with Crippen molar-refractivity contribution < 1.29 is 0 Å². The molecular weight excluding hydrogens is 274 g/mol. The van der Waals surface area contributed by atoms with Crippen LogP contribution in [0.15, 0.2) is 53.4 Å². The van der Waals surface area contributed by atoms with E-state index in [1.54, 1.807) is 0 Å². The highest BCUT2D eigenvalue weighted by atomic mass is 32.2. The van der Waals surface area contributed by atoms with Crippen LogP contribution in [0, 0.1) is 13.8 Å². The number of rotatable bonds is 7. The summed E-state index contributed by atoms with van der Waals surface area (Å²) in [5, 5.41) is 3.67. The zero-order chi connectivity index (χ0) is 15.1. The molecule has 0 saturated carbocycles. The quantitative estimate of drug-likeness (QED) is 0.711. The van der Waals surface area contributed by atoms with Crippen molar-refractivity contribution in [3.63, 3.8) is 0 Å². The molecule has 0 aliphatic heterocycles. The Hall–Kier alpha value is -1.25. The molecule has 1 unspecified atom stereocenters. The van der Waals surface area contributed by atoms with Gasteiger partial charge in [-0.1, -0.05) is 55.0 Å². The first-order valence-electron chi connectivity index (χ1n) is 7.69. The molecule has 0 bridgehead atoms. The van der Waals surface area contributed by atoms with E-state index in [4.69, 9.17) is 0 Å². The van der Waals surface area contributed by atoms with Gasteiger partial charge in [-0.25, -0.2) is 0 Å². The maximum absolute atomic E-state index is 3.67. The second kappa shape index (κ2) is 8.26. The average molecular weight is 299 g/mol. The van der Waals surface area contributed by atoms with Crippen molar-refractivity contribution in [1.29, 1.82) is 0 Å². The van der Waals surface area contributed by atoms with Crippen LogP contribution in [-0.2, 0) is 0 Å². The Morgan fingerprint density at radius 3 is 2.38 bits per heavy atom.